The number of hydrogen-bond acceptors (Lipinski definition) is 3. The highest BCUT2D eigenvalue weighted by molar-refractivity contribution is 5.79. The zero-order valence-electron chi connectivity index (χ0n) is 10.7. The van der Waals surface area contributed by atoms with E-state index in [0.29, 0.717) is 6.54 Å². The van der Waals surface area contributed by atoms with Crippen molar-refractivity contribution in [1.82, 2.24) is 10.2 Å². The lowest BCUT2D eigenvalue weighted by molar-refractivity contribution is -0.131. The number of carboxylic acids is 1. The van der Waals surface area contributed by atoms with E-state index in [9.17, 15) is 4.79 Å². The van der Waals surface area contributed by atoms with Crippen LogP contribution in [0.25, 0.3) is 0 Å². The number of likely N-dealkylation sites (tertiary alicyclic amines) is 1. The normalized spacial score (nSPS) is 22.1. The van der Waals surface area contributed by atoms with Crippen LogP contribution in [-0.4, -0.2) is 48.2 Å². The summed E-state index contributed by atoms with van der Waals surface area (Å²) in [5, 5.41) is 11.6. The fraction of sp³-hybridized carbons (Fsp3) is 0.769. The maximum Gasteiger partial charge on any atom is 0.328 e. The van der Waals surface area contributed by atoms with Crippen molar-refractivity contribution in [2.24, 2.45) is 0 Å². The number of nitrogens with one attached hydrogen (secondary N) is 1. The van der Waals surface area contributed by atoms with Crippen LogP contribution in [0.15, 0.2) is 12.2 Å². The summed E-state index contributed by atoms with van der Waals surface area (Å²) in [5.41, 5.74) is 0. The quantitative estimate of drug-likeness (QED) is 0.523. The lowest BCUT2D eigenvalue weighted by Gasteiger charge is -2.33. The van der Waals surface area contributed by atoms with Crippen LogP contribution in [0.2, 0.25) is 0 Å². The van der Waals surface area contributed by atoms with Crippen LogP contribution in [-0.2, 0) is 4.79 Å². The summed E-state index contributed by atoms with van der Waals surface area (Å²) in [6, 6.07) is 0.732. The number of nitrogens with zero attached hydrogens (tertiary/aromatic N) is 1. The molecule has 0 saturated carbocycles. The molecule has 1 aliphatic rings. The van der Waals surface area contributed by atoms with Gasteiger partial charge in [-0.1, -0.05) is 12.5 Å². The molecular weight excluding hydrogens is 216 g/mol. The molecule has 17 heavy (non-hydrogen) atoms. The van der Waals surface area contributed by atoms with Gasteiger partial charge >= 0.3 is 5.97 Å². The van der Waals surface area contributed by atoms with Gasteiger partial charge in [-0.2, -0.15) is 0 Å². The van der Waals surface area contributed by atoms with Gasteiger partial charge in [0.25, 0.3) is 0 Å². The smallest absolute Gasteiger partial charge is 0.328 e. The van der Waals surface area contributed by atoms with Gasteiger partial charge in [-0.15, -0.1) is 0 Å². The van der Waals surface area contributed by atoms with Crippen molar-refractivity contribution < 1.29 is 9.90 Å². The van der Waals surface area contributed by atoms with E-state index >= 15 is 0 Å². The largest absolute Gasteiger partial charge is 0.478 e. The Hall–Kier alpha value is -0.870. The summed E-state index contributed by atoms with van der Waals surface area (Å²) >= 11 is 0. The first-order valence-electron chi connectivity index (χ1n) is 6.54. The molecule has 0 aromatic carbocycles. The second-order valence-electron chi connectivity index (χ2n) is 4.68. The number of aliphatic carboxylic acids is 1. The fourth-order valence-corrected chi connectivity index (χ4v) is 2.24. The topological polar surface area (TPSA) is 52.6 Å². The van der Waals surface area contributed by atoms with Crippen LogP contribution < -0.4 is 5.32 Å². The minimum Gasteiger partial charge on any atom is -0.478 e. The highest BCUT2D eigenvalue weighted by Gasteiger charge is 2.16. The van der Waals surface area contributed by atoms with Crippen molar-refractivity contribution in [1.29, 1.82) is 0 Å². The van der Waals surface area contributed by atoms with Gasteiger partial charge in [0, 0.05) is 18.7 Å². The highest BCUT2D eigenvalue weighted by atomic mass is 16.4. The molecule has 1 unspecified atom stereocenters. The Bertz CT molecular complexity index is 254. The van der Waals surface area contributed by atoms with Gasteiger partial charge in [-0.3, -0.25) is 0 Å². The van der Waals surface area contributed by atoms with E-state index < -0.39 is 5.97 Å². The van der Waals surface area contributed by atoms with Gasteiger partial charge in [0.05, 0.1) is 0 Å². The molecule has 2 N–H and O–H groups in total. The second-order valence-corrected chi connectivity index (χ2v) is 4.68. The molecule has 0 aliphatic carbocycles. The Labute approximate surface area is 104 Å². The summed E-state index contributed by atoms with van der Waals surface area (Å²) in [6.07, 6.45) is 7.99. The number of carbonyl (C=O) groups is 1. The van der Waals surface area contributed by atoms with Crippen LogP contribution in [0.1, 0.15) is 32.6 Å². The van der Waals surface area contributed by atoms with E-state index in [1.165, 1.54) is 31.9 Å². The first-order valence-corrected chi connectivity index (χ1v) is 6.54. The molecule has 1 atom stereocenters. The van der Waals surface area contributed by atoms with Crippen LogP contribution in [0.3, 0.4) is 0 Å². The van der Waals surface area contributed by atoms with E-state index in [-0.39, 0.29) is 0 Å². The maximum atomic E-state index is 10.2. The average Bonchev–Trinajstić information content (AvgIpc) is 2.30. The average molecular weight is 240 g/mol. The zero-order chi connectivity index (χ0) is 12.5. The third-order valence-electron chi connectivity index (χ3n) is 3.26. The van der Waals surface area contributed by atoms with E-state index in [4.69, 9.17) is 5.11 Å². The molecule has 4 nitrogen and oxygen atoms in total. The third kappa shape index (κ3) is 6.44. The first-order chi connectivity index (χ1) is 8.20. The molecule has 0 aromatic heterocycles. The molecule has 0 amide bonds. The van der Waals surface area contributed by atoms with Gasteiger partial charge in [0.1, 0.15) is 0 Å². The molecule has 1 rings (SSSR count). The predicted molar refractivity (Wildman–Crippen MR) is 69.1 cm³/mol. The molecule has 0 bridgehead atoms. The van der Waals surface area contributed by atoms with Gasteiger partial charge in [0.15, 0.2) is 0 Å². The van der Waals surface area contributed by atoms with Gasteiger partial charge < -0.3 is 15.3 Å². The zero-order valence-corrected chi connectivity index (χ0v) is 10.7. The monoisotopic (exact) mass is 240 g/mol. The molecule has 98 valence electrons. The van der Waals surface area contributed by atoms with Crippen LogP contribution in [0.5, 0.6) is 0 Å². The number of piperidine rings is 1. The minimum absolute atomic E-state index is 0.641. The summed E-state index contributed by atoms with van der Waals surface area (Å²) in [6.45, 7) is 6.29. The van der Waals surface area contributed by atoms with Crippen molar-refractivity contribution >= 4 is 5.97 Å². The fourth-order valence-electron chi connectivity index (χ4n) is 2.24. The number of rotatable bonds is 7. The van der Waals surface area contributed by atoms with Crippen molar-refractivity contribution in [3.8, 4) is 0 Å². The number of hydrogen-bond donors (Lipinski definition) is 2. The third-order valence-corrected chi connectivity index (χ3v) is 3.26. The Morgan fingerprint density at radius 1 is 1.53 bits per heavy atom. The summed E-state index contributed by atoms with van der Waals surface area (Å²) in [4.78, 5) is 12.8. The number of carboxylic acid groups (broad SMARTS) is 1. The van der Waals surface area contributed by atoms with E-state index in [2.05, 4.69) is 17.1 Å². The van der Waals surface area contributed by atoms with Crippen molar-refractivity contribution in [2.45, 2.75) is 38.6 Å². The molecule has 1 saturated heterocycles. The SMILES string of the molecule is CC1CCCCN1CCCNC/C=C/C(=O)O. The van der Waals surface area contributed by atoms with Crippen LogP contribution in [0.4, 0.5) is 0 Å². The summed E-state index contributed by atoms with van der Waals surface area (Å²) in [7, 11) is 0. The molecular formula is C13H24N2O2. The van der Waals surface area contributed by atoms with Gasteiger partial charge in [-0.05, 0) is 45.8 Å². The maximum absolute atomic E-state index is 10.2. The highest BCUT2D eigenvalue weighted by Crippen LogP contribution is 2.15. The van der Waals surface area contributed by atoms with Crippen molar-refractivity contribution in [3.63, 3.8) is 0 Å². The second kappa shape index (κ2) is 8.25. The van der Waals surface area contributed by atoms with Crippen molar-refractivity contribution in [3.05, 3.63) is 12.2 Å². The lowest BCUT2D eigenvalue weighted by atomic mass is 10.0. The Balaban J connectivity index is 1.98. The van der Waals surface area contributed by atoms with Crippen LogP contribution in [0, 0.1) is 0 Å². The molecule has 4 heteroatoms. The summed E-state index contributed by atoms with van der Waals surface area (Å²) in [5.74, 6) is -0.881. The molecule has 1 heterocycles. The van der Waals surface area contributed by atoms with E-state index in [1.807, 2.05) is 0 Å². The molecule has 1 fully saturated rings. The minimum atomic E-state index is -0.881. The van der Waals surface area contributed by atoms with E-state index in [0.717, 1.165) is 25.6 Å². The standard InChI is InChI=1S/C13H24N2O2/c1-12-6-2-3-10-15(12)11-5-9-14-8-4-7-13(16)17/h4,7,12,14H,2-3,5-6,8-11H2,1H3,(H,16,17)/b7-4+. The molecule has 1 aliphatic heterocycles. The molecule has 0 spiro atoms. The first kappa shape index (κ1) is 14.2. The van der Waals surface area contributed by atoms with Gasteiger partial charge in [0.2, 0.25) is 0 Å². The Kier molecular flexibility index (Phi) is 6.89. The van der Waals surface area contributed by atoms with Gasteiger partial charge in [-0.25, -0.2) is 4.79 Å². The molecule has 0 radical (unpaired) electrons. The Morgan fingerprint density at radius 2 is 2.35 bits per heavy atom. The predicted octanol–water partition coefficient (Wildman–Crippen LogP) is 1.48. The van der Waals surface area contributed by atoms with Crippen LogP contribution >= 0.6 is 0 Å². The Morgan fingerprint density at radius 3 is 3.06 bits per heavy atom. The van der Waals surface area contributed by atoms with E-state index in [1.54, 1.807) is 6.08 Å². The van der Waals surface area contributed by atoms with Crippen molar-refractivity contribution in [2.75, 3.05) is 26.2 Å². The molecule has 0 aromatic rings. The summed E-state index contributed by atoms with van der Waals surface area (Å²) < 4.78 is 0. The lowest BCUT2D eigenvalue weighted by Crippen LogP contribution is -2.38.